The number of amides is 3. The zero-order valence-corrected chi connectivity index (χ0v) is 24.4. The van der Waals surface area contributed by atoms with Crippen LogP contribution >= 0.6 is 11.3 Å². The number of ether oxygens (including phenoxy) is 1. The minimum absolute atomic E-state index is 0.0123. The molecule has 5 aromatic rings. The van der Waals surface area contributed by atoms with Crippen molar-refractivity contribution in [1.29, 1.82) is 0 Å². The van der Waals surface area contributed by atoms with Crippen LogP contribution in [0.3, 0.4) is 0 Å². The van der Waals surface area contributed by atoms with E-state index in [9.17, 15) is 22.8 Å². The van der Waals surface area contributed by atoms with Crippen LogP contribution in [0.1, 0.15) is 24.8 Å². The Morgan fingerprint density at radius 3 is 2.42 bits per heavy atom. The maximum absolute atomic E-state index is 13.3. The summed E-state index contributed by atoms with van der Waals surface area (Å²) in [6, 6.07) is 7.18. The zero-order chi connectivity index (χ0) is 31.6. The van der Waals surface area contributed by atoms with E-state index in [-0.39, 0.29) is 29.0 Å². The van der Waals surface area contributed by atoms with Crippen molar-refractivity contribution in [3.05, 3.63) is 73.1 Å². The summed E-state index contributed by atoms with van der Waals surface area (Å²) in [5.74, 6) is 0.559. The van der Waals surface area contributed by atoms with Gasteiger partial charge in [0, 0.05) is 44.2 Å². The second kappa shape index (κ2) is 12.3. The average molecular weight is 636 g/mol. The van der Waals surface area contributed by atoms with Gasteiger partial charge >= 0.3 is 18.2 Å². The van der Waals surface area contributed by atoms with E-state index in [0.29, 0.717) is 35.6 Å². The molecule has 230 valence electrons. The van der Waals surface area contributed by atoms with E-state index >= 15 is 0 Å². The number of anilines is 3. The van der Waals surface area contributed by atoms with Crippen LogP contribution in [0.4, 0.5) is 34.5 Å². The highest BCUT2D eigenvalue weighted by Gasteiger charge is 2.32. The van der Waals surface area contributed by atoms with E-state index in [1.165, 1.54) is 34.6 Å². The second-order valence-electron chi connectivity index (χ2n) is 9.99. The number of carbonyl (C=O) groups is 2. The molecule has 12 nitrogen and oxygen atoms in total. The number of benzene rings is 1. The number of hydrogen-bond donors (Lipinski definition) is 2. The first-order chi connectivity index (χ1) is 21.6. The quantitative estimate of drug-likeness (QED) is 0.210. The Hall–Kier alpha value is -5.38. The van der Waals surface area contributed by atoms with E-state index in [1.807, 2.05) is 12.1 Å². The molecule has 0 radical (unpaired) electrons. The molecule has 6 rings (SSSR count). The van der Waals surface area contributed by atoms with Gasteiger partial charge in [-0.2, -0.15) is 18.3 Å². The molecule has 0 unspecified atom stereocenters. The standard InChI is InChI=1S/C29H24F3N9O3S/c1-40-16-18(11-37-40)25-22(10-19(12-33-25)29(30,31)32)39-26(43)38-20-13-34-27(35-14-20)44-21-7-5-17(6-8-21)23-15-36-28(45-23)41-9-3-2-4-24(41)42/h5-8,10-16H,2-4,9H2,1H3,(H2,38,39,43). The van der Waals surface area contributed by atoms with Gasteiger partial charge in [-0.15, -0.1) is 0 Å². The summed E-state index contributed by atoms with van der Waals surface area (Å²) >= 11 is 1.45. The number of nitrogens with one attached hydrogen (secondary N) is 2. The molecule has 0 bridgehead atoms. The Balaban J connectivity index is 1.08. The number of alkyl halides is 3. The molecule has 0 aliphatic carbocycles. The number of pyridine rings is 1. The first-order valence-electron chi connectivity index (χ1n) is 13.6. The predicted octanol–water partition coefficient (Wildman–Crippen LogP) is 6.37. The number of carbonyl (C=O) groups excluding carboxylic acids is 2. The lowest BCUT2D eigenvalue weighted by molar-refractivity contribution is -0.137. The van der Waals surface area contributed by atoms with Crippen LogP contribution in [-0.2, 0) is 18.0 Å². The Morgan fingerprint density at radius 2 is 1.73 bits per heavy atom. The highest BCUT2D eigenvalue weighted by molar-refractivity contribution is 7.19. The molecule has 4 aromatic heterocycles. The fourth-order valence-electron chi connectivity index (χ4n) is 4.53. The maximum Gasteiger partial charge on any atom is 0.417 e. The number of hydrogen-bond acceptors (Lipinski definition) is 9. The number of thiazole rings is 1. The third kappa shape index (κ3) is 6.90. The normalized spacial score (nSPS) is 13.5. The largest absolute Gasteiger partial charge is 0.424 e. The summed E-state index contributed by atoms with van der Waals surface area (Å²) < 4.78 is 47.2. The first kappa shape index (κ1) is 29.7. The number of aryl methyl sites for hydroxylation is 1. The van der Waals surface area contributed by atoms with Gasteiger partial charge in [-0.3, -0.25) is 19.4 Å². The third-order valence-electron chi connectivity index (χ3n) is 6.72. The van der Waals surface area contributed by atoms with E-state index in [0.717, 1.165) is 29.3 Å². The van der Waals surface area contributed by atoms with E-state index in [4.69, 9.17) is 4.74 Å². The van der Waals surface area contributed by atoms with Crippen molar-refractivity contribution in [2.75, 3.05) is 22.1 Å². The van der Waals surface area contributed by atoms with Gasteiger partial charge in [0.15, 0.2) is 5.13 Å². The third-order valence-corrected chi connectivity index (χ3v) is 7.79. The number of urea groups is 1. The van der Waals surface area contributed by atoms with Gasteiger partial charge < -0.3 is 15.4 Å². The van der Waals surface area contributed by atoms with Crippen LogP contribution in [0.15, 0.2) is 67.5 Å². The SMILES string of the molecule is Cn1cc(-c2ncc(C(F)(F)F)cc2NC(=O)Nc2cnc(Oc3ccc(-c4cnc(N5CCCCC5=O)s4)cc3)nc2)cn1. The van der Waals surface area contributed by atoms with E-state index in [1.54, 1.807) is 36.5 Å². The van der Waals surface area contributed by atoms with Crippen LogP contribution in [0.2, 0.25) is 0 Å². The van der Waals surface area contributed by atoms with Gasteiger partial charge in [0.1, 0.15) is 5.75 Å². The summed E-state index contributed by atoms with van der Waals surface area (Å²) in [6.45, 7) is 0.679. The molecule has 1 fully saturated rings. The van der Waals surface area contributed by atoms with Gasteiger partial charge in [0.2, 0.25) is 5.91 Å². The topological polar surface area (TPSA) is 140 Å². The lowest BCUT2D eigenvalue weighted by Gasteiger charge is -2.23. The zero-order valence-electron chi connectivity index (χ0n) is 23.6. The molecule has 0 spiro atoms. The molecular weight excluding hydrogens is 611 g/mol. The number of aromatic nitrogens is 6. The Bertz CT molecular complexity index is 1840. The van der Waals surface area contributed by atoms with Crippen LogP contribution < -0.4 is 20.3 Å². The molecule has 1 aliphatic heterocycles. The summed E-state index contributed by atoms with van der Waals surface area (Å²) in [6.07, 6.45) is 5.77. The van der Waals surface area contributed by atoms with Crippen LogP contribution in [-0.4, -0.2) is 48.2 Å². The number of nitrogens with zero attached hydrogens (tertiary/aromatic N) is 7. The van der Waals surface area contributed by atoms with Gasteiger partial charge in [0.05, 0.1) is 46.1 Å². The molecule has 16 heteroatoms. The average Bonchev–Trinajstić information content (AvgIpc) is 3.68. The van der Waals surface area contributed by atoms with Crippen LogP contribution in [0.5, 0.6) is 11.8 Å². The molecule has 0 saturated carbocycles. The second-order valence-corrected chi connectivity index (χ2v) is 11.0. The summed E-state index contributed by atoms with van der Waals surface area (Å²) in [5, 5.41) is 9.60. The van der Waals surface area contributed by atoms with Crippen LogP contribution in [0, 0.1) is 0 Å². The van der Waals surface area contributed by atoms with Crippen molar-refractivity contribution in [2.24, 2.45) is 7.05 Å². The Kier molecular flexibility index (Phi) is 8.12. The fourth-order valence-corrected chi connectivity index (χ4v) is 5.50. The summed E-state index contributed by atoms with van der Waals surface area (Å²) in [5.41, 5.74) is 0.439. The molecule has 1 saturated heterocycles. The number of halogens is 3. The molecule has 5 heterocycles. The van der Waals surface area contributed by atoms with Crippen molar-refractivity contribution in [3.8, 4) is 33.5 Å². The van der Waals surface area contributed by atoms with Gasteiger partial charge in [0.25, 0.3) is 0 Å². The summed E-state index contributed by atoms with van der Waals surface area (Å²) in [7, 11) is 1.65. The lowest BCUT2D eigenvalue weighted by atomic mass is 10.1. The van der Waals surface area contributed by atoms with Crippen molar-refractivity contribution >= 4 is 39.8 Å². The van der Waals surface area contributed by atoms with Crippen LogP contribution in [0.25, 0.3) is 21.7 Å². The molecular formula is C29H24F3N9O3S. The molecule has 2 N–H and O–H groups in total. The minimum atomic E-state index is -4.66. The smallest absolute Gasteiger partial charge is 0.417 e. The predicted molar refractivity (Wildman–Crippen MR) is 160 cm³/mol. The molecule has 3 amide bonds. The van der Waals surface area contributed by atoms with Crippen molar-refractivity contribution in [2.45, 2.75) is 25.4 Å². The first-order valence-corrected chi connectivity index (χ1v) is 14.4. The van der Waals surface area contributed by atoms with Gasteiger partial charge in [-0.1, -0.05) is 11.3 Å². The highest BCUT2D eigenvalue weighted by Crippen LogP contribution is 2.35. The molecule has 1 aliphatic rings. The van der Waals surface area contributed by atoms with Gasteiger partial charge in [-0.25, -0.2) is 19.7 Å². The van der Waals surface area contributed by atoms with Crippen molar-refractivity contribution in [3.63, 3.8) is 0 Å². The summed E-state index contributed by atoms with van der Waals surface area (Å²) in [4.78, 5) is 44.1. The van der Waals surface area contributed by atoms with Gasteiger partial charge in [-0.05, 0) is 48.7 Å². The number of rotatable bonds is 7. The molecule has 1 aromatic carbocycles. The lowest BCUT2D eigenvalue weighted by Crippen LogP contribution is -2.34. The monoisotopic (exact) mass is 635 g/mol. The Labute approximate surface area is 257 Å². The number of piperidine rings is 1. The minimum Gasteiger partial charge on any atom is -0.424 e. The van der Waals surface area contributed by atoms with Crippen molar-refractivity contribution in [1.82, 2.24) is 29.7 Å². The molecule has 0 atom stereocenters. The fraction of sp³-hybridized carbons (Fsp3) is 0.207. The Morgan fingerprint density at radius 1 is 0.956 bits per heavy atom. The van der Waals surface area contributed by atoms with Crippen molar-refractivity contribution < 1.29 is 27.5 Å². The highest BCUT2D eigenvalue weighted by atomic mass is 32.1. The molecule has 45 heavy (non-hydrogen) atoms. The van der Waals surface area contributed by atoms with E-state index in [2.05, 4.69) is 35.7 Å². The van der Waals surface area contributed by atoms with E-state index < -0.39 is 17.8 Å². The maximum atomic E-state index is 13.3.